The zero-order chi connectivity index (χ0) is 27.5. The second-order valence-corrected chi connectivity index (χ2v) is 12.9. The van der Waals surface area contributed by atoms with Crippen molar-refractivity contribution in [3.8, 4) is 22.6 Å². The third kappa shape index (κ3) is 4.23. The van der Waals surface area contributed by atoms with Crippen molar-refractivity contribution in [2.45, 2.75) is 49.3 Å². The van der Waals surface area contributed by atoms with Crippen molar-refractivity contribution in [1.29, 1.82) is 0 Å². The number of aryl methyl sites for hydroxylation is 1. The Labute approximate surface area is 234 Å². The molecule has 0 amide bonds. The minimum Gasteiger partial charge on any atom is -0.504 e. The van der Waals surface area contributed by atoms with Gasteiger partial charge < -0.3 is 19.6 Å². The Hall–Kier alpha value is -2.93. The number of phosphoric ester groups is 1. The number of nitrogens with zero attached hydrogens (tertiary/aromatic N) is 1. The molecule has 0 radical (unpaired) electrons. The molecular formula is C32H34NO6P. The second kappa shape index (κ2) is 9.86. The van der Waals surface area contributed by atoms with Crippen molar-refractivity contribution < 1.29 is 28.3 Å². The Morgan fingerprint density at radius 3 is 2.62 bits per heavy atom. The number of phenolic OH excluding ortho intramolecular Hbond substituents is 1. The molecule has 3 aromatic rings. The maximum Gasteiger partial charge on any atom is 0.472 e. The van der Waals surface area contributed by atoms with Crippen molar-refractivity contribution in [3.63, 3.8) is 0 Å². The maximum absolute atomic E-state index is 13.1. The predicted molar refractivity (Wildman–Crippen MR) is 152 cm³/mol. The molecule has 2 bridgehead atoms. The summed E-state index contributed by atoms with van der Waals surface area (Å²) in [5, 5.41) is 10.7. The predicted octanol–water partition coefficient (Wildman–Crippen LogP) is 5.64. The van der Waals surface area contributed by atoms with E-state index in [0.717, 1.165) is 42.5 Å². The lowest BCUT2D eigenvalue weighted by Crippen LogP contribution is -2.65. The van der Waals surface area contributed by atoms with Crippen LogP contribution in [0, 0.1) is 5.92 Å². The maximum atomic E-state index is 13.1. The molecule has 2 N–H and O–H groups in total. The lowest BCUT2D eigenvalue weighted by atomic mass is 9.53. The summed E-state index contributed by atoms with van der Waals surface area (Å²) in [5.41, 5.74) is 5.29. The molecule has 208 valence electrons. The van der Waals surface area contributed by atoms with Gasteiger partial charge in [-0.05, 0) is 67.6 Å². The standard InChI is InChI=1S/C32H34NO6P/c1-33-18-17-32-25-14-16-28(31(32)38-30-27(34)15-13-24(29(30)32)20-26(25)33)39-40(35,36)37-19-5-6-21-9-11-23(12-10-21)22-7-3-2-4-8-22/h2-4,7-16,25-26,28,31,34H,5-6,17-20H2,1H3,(H,35,36). The molecule has 6 unspecified atom stereocenters. The number of likely N-dealkylation sites (N-methyl/N-ethyl adjacent to an activating group) is 1. The first-order chi connectivity index (χ1) is 19.4. The fourth-order valence-corrected chi connectivity index (χ4v) is 8.35. The van der Waals surface area contributed by atoms with Crippen LogP contribution in [0.25, 0.3) is 11.1 Å². The van der Waals surface area contributed by atoms with Gasteiger partial charge in [-0.25, -0.2) is 4.57 Å². The molecule has 1 saturated heterocycles. The van der Waals surface area contributed by atoms with E-state index < -0.39 is 25.4 Å². The molecule has 2 heterocycles. The van der Waals surface area contributed by atoms with Crippen LogP contribution in [0.1, 0.15) is 29.5 Å². The molecule has 1 fully saturated rings. The number of aromatic hydroxyl groups is 1. The van der Waals surface area contributed by atoms with Crippen molar-refractivity contribution in [3.05, 3.63) is 95.6 Å². The van der Waals surface area contributed by atoms with E-state index in [-0.39, 0.29) is 18.3 Å². The highest BCUT2D eigenvalue weighted by Crippen LogP contribution is 2.63. The van der Waals surface area contributed by atoms with E-state index >= 15 is 0 Å². The molecule has 4 aliphatic rings. The monoisotopic (exact) mass is 559 g/mol. The van der Waals surface area contributed by atoms with Crippen LogP contribution in [0.5, 0.6) is 11.5 Å². The number of likely N-dealkylation sites (tertiary alicyclic amines) is 1. The highest BCUT2D eigenvalue weighted by molar-refractivity contribution is 7.47. The Morgan fingerprint density at radius 2 is 1.82 bits per heavy atom. The summed E-state index contributed by atoms with van der Waals surface area (Å²) in [7, 11) is -2.20. The lowest BCUT2D eigenvalue weighted by Gasteiger charge is -2.56. The summed E-state index contributed by atoms with van der Waals surface area (Å²) in [5.74, 6) is 0.788. The molecule has 8 heteroatoms. The Morgan fingerprint density at radius 1 is 1.05 bits per heavy atom. The van der Waals surface area contributed by atoms with Crippen molar-refractivity contribution in [2.75, 3.05) is 20.2 Å². The number of phosphoric acid groups is 1. The number of hydrogen-bond acceptors (Lipinski definition) is 6. The van der Waals surface area contributed by atoms with Gasteiger partial charge in [-0.1, -0.05) is 72.8 Å². The SMILES string of the molecule is CN1CCC23c4c5ccc(O)c4OC2C(OP(=O)(O)OCCCc2ccc(-c4ccccc4)cc2)C=CC3C1C5. The van der Waals surface area contributed by atoms with Gasteiger partial charge in [-0.3, -0.25) is 9.05 Å². The van der Waals surface area contributed by atoms with Crippen molar-refractivity contribution in [2.24, 2.45) is 5.92 Å². The molecule has 0 aromatic heterocycles. The molecular weight excluding hydrogens is 525 g/mol. The fraction of sp³-hybridized carbons (Fsp3) is 0.375. The van der Waals surface area contributed by atoms with Crippen LogP contribution in [0.3, 0.4) is 0 Å². The quantitative estimate of drug-likeness (QED) is 0.210. The zero-order valence-electron chi connectivity index (χ0n) is 22.5. The number of hydrogen-bond donors (Lipinski definition) is 2. The molecule has 40 heavy (non-hydrogen) atoms. The van der Waals surface area contributed by atoms with Crippen LogP contribution < -0.4 is 4.74 Å². The van der Waals surface area contributed by atoms with E-state index in [1.807, 2.05) is 30.3 Å². The second-order valence-electron chi connectivity index (χ2n) is 11.5. The third-order valence-corrected chi connectivity index (χ3v) is 10.3. The Bertz CT molecular complexity index is 1490. The van der Waals surface area contributed by atoms with Gasteiger partial charge >= 0.3 is 7.82 Å². The molecule has 2 aliphatic carbocycles. The van der Waals surface area contributed by atoms with E-state index in [1.54, 1.807) is 6.07 Å². The van der Waals surface area contributed by atoms with E-state index in [4.69, 9.17) is 13.8 Å². The average Bonchev–Trinajstić information content (AvgIpc) is 3.32. The van der Waals surface area contributed by atoms with Gasteiger partial charge in [-0.2, -0.15) is 0 Å². The molecule has 7 nitrogen and oxygen atoms in total. The number of piperidine rings is 1. The summed E-state index contributed by atoms with van der Waals surface area (Å²) < 4.78 is 30.7. The van der Waals surface area contributed by atoms with Gasteiger partial charge in [0.1, 0.15) is 12.2 Å². The van der Waals surface area contributed by atoms with Crippen LogP contribution in [0.2, 0.25) is 0 Å². The summed E-state index contributed by atoms with van der Waals surface area (Å²) in [6, 6.07) is 22.6. The third-order valence-electron chi connectivity index (χ3n) is 9.31. The van der Waals surface area contributed by atoms with Gasteiger partial charge in [0.05, 0.1) is 6.61 Å². The van der Waals surface area contributed by atoms with Crippen LogP contribution in [0.15, 0.2) is 78.9 Å². The Balaban J connectivity index is 1.02. The largest absolute Gasteiger partial charge is 0.504 e. The summed E-state index contributed by atoms with van der Waals surface area (Å²) >= 11 is 0. The van der Waals surface area contributed by atoms with Gasteiger partial charge in [-0.15, -0.1) is 0 Å². The molecule has 0 saturated carbocycles. The zero-order valence-corrected chi connectivity index (χ0v) is 23.4. The van der Waals surface area contributed by atoms with Gasteiger partial charge in [0, 0.05) is 22.9 Å². The fourth-order valence-electron chi connectivity index (χ4n) is 7.45. The molecule has 3 aromatic carbocycles. The topological polar surface area (TPSA) is 88.5 Å². The number of benzene rings is 3. The summed E-state index contributed by atoms with van der Waals surface area (Å²) in [6.45, 7) is 0.984. The van der Waals surface area contributed by atoms with E-state index in [2.05, 4.69) is 54.4 Å². The first kappa shape index (κ1) is 26.0. The van der Waals surface area contributed by atoms with Crippen LogP contribution in [-0.4, -0.2) is 53.3 Å². The first-order valence-corrected chi connectivity index (χ1v) is 15.6. The summed E-state index contributed by atoms with van der Waals surface area (Å²) in [4.78, 5) is 13.1. The first-order valence-electron chi connectivity index (χ1n) is 14.1. The van der Waals surface area contributed by atoms with Gasteiger partial charge in [0.2, 0.25) is 0 Å². The van der Waals surface area contributed by atoms with E-state index in [9.17, 15) is 14.6 Å². The summed E-state index contributed by atoms with van der Waals surface area (Å²) in [6.07, 6.45) is 5.73. The molecule has 2 aliphatic heterocycles. The average molecular weight is 560 g/mol. The van der Waals surface area contributed by atoms with Gasteiger partial charge in [0.15, 0.2) is 11.5 Å². The number of ether oxygens (including phenoxy) is 1. The van der Waals surface area contributed by atoms with Gasteiger partial charge in [0.25, 0.3) is 0 Å². The van der Waals surface area contributed by atoms with E-state index in [1.165, 1.54) is 11.1 Å². The Kier molecular flexibility index (Phi) is 6.41. The normalized spacial score (nSPS) is 29.4. The van der Waals surface area contributed by atoms with Crippen LogP contribution in [-0.2, 0) is 31.9 Å². The smallest absolute Gasteiger partial charge is 0.472 e. The molecule has 1 spiro atoms. The van der Waals surface area contributed by atoms with Crippen LogP contribution in [0.4, 0.5) is 0 Å². The van der Waals surface area contributed by atoms with Crippen molar-refractivity contribution >= 4 is 7.82 Å². The minimum atomic E-state index is -4.35. The molecule has 6 atom stereocenters. The number of phenols is 1. The highest BCUT2D eigenvalue weighted by Gasteiger charge is 2.65. The minimum absolute atomic E-state index is 0.0992. The van der Waals surface area contributed by atoms with Crippen molar-refractivity contribution in [1.82, 2.24) is 4.90 Å². The molecule has 7 rings (SSSR count). The number of rotatable bonds is 8. The highest BCUT2D eigenvalue weighted by atomic mass is 31.2. The lowest BCUT2D eigenvalue weighted by molar-refractivity contribution is -0.0461. The van der Waals surface area contributed by atoms with Crippen LogP contribution >= 0.6 is 7.82 Å². The van der Waals surface area contributed by atoms with E-state index in [0.29, 0.717) is 18.2 Å².